The molecule has 1 rings (SSSR count). The highest BCUT2D eigenvalue weighted by Gasteiger charge is 1.95. The molecule has 1 aromatic heterocycles. The third-order valence-corrected chi connectivity index (χ3v) is 1.51. The molecule has 66 valence electrons. The molecule has 0 aliphatic carbocycles. The van der Waals surface area contributed by atoms with E-state index in [1.807, 2.05) is 0 Å². The van der Waals surface area contributed by atoms with E-state index in [0.717, 1.165) is 12.6 Å². The predicted molar refractivity (Wildman–Crippen MR) is 49.3 cm³/mol. The molecule has 1 heterocycles. The van der Waals surface area contributed by atoms with E-state index in [1.165, 1.54) is 0 Å². The highest BCUT2D eigenvalue weighted by molar-refractivity contribution is 5.80. The minimum Gasteiger partial charge on any atom is -0.303 e. The maximum absolute atomic E-state index is 10.5. The van der Waals surface area contributed by atoms with Crippen molar-refractivity contribution < 1.29 is 9.59 Å². The van der Waals surface area contributed by atoms with Crippen LogP contribution in [0.4, 0.5) is 0 Å². The van der Waals surface area contributed by atoms with Gasteiger partial charge in [0.05, 0.1) is 5.69 Å². The highest BCUT2D eigenvalue weighted by atomic mass is 16.1. The lowest BCUT2D eigenvalue weighted by Gasteiger charge is -1.94. The summed E-state index contributed by atoms with van der Waals surface area (Å²) in [6, 6.07) is 3.38. The van der Waals surface area contributed by atoms with Gasteiger partial charge in [-0.3, -0.25) is 9.78 Å². The van der Waals surface area contributed by atoms with Gasteiger partial charge in [-0.05, 0) is 18.2 Å². The summed E-state index contributed by atoms with van der Waals surface area (Å²) in [5.74, 6) is 0. The van der Waals surface area contributed by atoms with Crippen molar-refractivity contribution >= 4 is 18.6 Å². The van der Waals surface area contributed by atoms with Gasteiger partial charge in [-0.2, -0.15) is 0 Å². The van der Waals surface area contributed by atoms with Crippen molar-refractivity contribution in [3.8, 4) is 0 Å². The number of hydrogen-bond donors (Lipinski definition) is 0. The van der Waals surface area contributed by atoms with Crippen molar-refractivity contribution in [2.45, 2.75) is 6.42 Å². The van der Waals surface area contributed by atoms with E-state index in [1.54, 1.807) is 30.5 Å². The summed E-state index contributed by atoms with van der Waals surface area (Å²) < 4.78 is 0. The normalized spacial score (nSPS) is 10.2. The van der Waals surface area contributed by atoms with Gasteiger partial charge in [0, 0.05) is 18.2 Å². The van der Waals surface area contributed by atoms with Gasteiger partial charge in [0.2, 0.25) is 0 Å². The van der Waals surface area contributed by atoms with Crippen LogP contribution in [0.25, 0.3) is 6.08 Å². The Hall–Kier alpha value is -1.77. The molecule has 0 unspecified atom stereocenters. The monoisotopic (exact) mass is 175 g/mol. The maximum Gasteiger partial charge on any atom is 0.152 e. The van der Waals surface area contributed by atoms with E-state index in [4.69, 9.17) is 0 Å². The van der Waals surface area contributed by atoms with Crippen molar-refractivity contribution in [3.63, 3.8) is 0 Å². The average molecular weight is 175 g/mol. The molecule has 0 amide bonds. The summed E-state index contributed by atoms with van der Waals surface area (Å²) in [6.07, 6.45) is 6.82. The summed E-state index contributed by atoms with van der Waals surface area (Å²) in [6.45, 7) is 0. The van der Waals surface area contributed by atoms with Gasteiger partial charge in [-0.15, -0.1) is 0 Å². The number of nitrogens with zero attached hydrogens (tertiary/aromatic N) is 1. The SMILES string of the molecule is O=CCC=Cc1ncccc1C=O. The predicted octanol–water partition coefficient (Wildman–Crippen LogP) is 1.50. The number of hydrogen-bond acceptors (Lipinski definition) is 3. The topological polar surface area (TPSA) is 47.0 Å². The fraction of sp³-hybridized carbons (Fsp3) is 0.100. The fourth-order valence-corrected chi connectivity index (χ4v) is 0.904. The Kier molecular flexibility index (Phi) is 3.57. The summed E-state index contributed by atoms with van der Waals surface area (Å²) in [7, 11) is 0. The Bertz CT molecular complexity index is 331. The lowest BCUT2D eigenvalue weighted by molar-refractivity contribution is -0.107. The standard InChI is InChI=1S/C10H9NO2/c12-7-2-1-5-10-9(8-13)4-3-6-11-10/h1,3-8H,2H2. The molecule has 0 bridgehead atoms. The number of carbonyl (C=O) groups excluding carboxylic acids is 2. The minimum atomic E-state index is 0.342. The van der Waals surface area contributed by atoms with Crippen LogP contribution in [0.1, 0.15) is 22.5 Å². The molecule has 0 saturated heterocycles. The van der Waals surface area contributed by atoms with Gasteiger partial charge in [0.15, 0.2) is 6.29 Å². The van der Waals surface area contributed by atoms with Gasteiger partial charge in [0.1, 0.15) is 6.29 Å². The Balaban J connectivity index is 2.86. The lowest BCUT2D eigenvalue weighted by atomic mass is 10.2. The van der Waals surface area contributed by atoms with Crippen LogP contribution >= 0.6 is 0 Å². The van der Waals surface area contributed by atoms with E-state index in [2.05, 4.69) is 4.98 Å². The van der Waals surface area contributed by atoms with Crippen LogP contribution in [-0.4, -0.2) is 17.6 Å². The van der Waals surface area contributed by atoms with E-state index in [9.17, 15) is 9.59 Å². The van der Waals surface area contributed by atoms with Crippen molar-refractivity contribution in [2.24, 2.45) is 0 Å². The number of allylic oxidation sites excluding steroid dienone is 1. The Morgan fingerprint density at radius 2 is 2.23 bits per heavy atom. The summed E-state index contributed by atoms with van der Waals surface area (Å²) in [5.41, 5.74) is 1.13. The Labute approximate surface area is 76.1 Å². The van der Waals surface area contributed by atoms with Crippen LogP contribution in [0, 0.1) is 0 Å². The molecular weight excluding hydrogens is 166 g/mol. The highest BCUT2D eigenvalue weighted by Crippen LogP contribution is 2.04. The molecule has 0 aliphatic rings. The van der Waals surface area contributed by atoms with Crippen molar-refractivity contribution in [2.75, 3.05) is 0 Å². The molecule has 0 N–H and O–H groups in total. The third-order valence-electron chi connectivity index (χ3n) is 1.51. The second-order valence-corrected chi connectivity index (χ2v) is 2.40. The molecule has 0 aromatic carbocycles. The van der Waals surface area contributed by atoms with Crippen molar-refractivity contribution in [1.29, 1.82) is 0 Å². The van der Waals surface area contributed by atoms with E-state index >= 15 is 0 Å². The van der Waals surface area contributed by atoms with E-state index in [0.29, 0.717) is 17.7 Å². The zero-order valence-corrected chi connectivity index (χ0v) is 7.01. The molecule has 0 spiro atoms. The molecule has 3 heteroatoms. The molecule has 0 saturated carbocycles. The Morgan fingerprint density at radius 3 is 2.92 bits per heavy atom. The van der Waals surface area contributed by atoms with E-state index in [-0.39, 0.29) is 0 Å². The summed E-state index contributed by atoms with van der Waals surface area (Å²) >= 11 is 0. The molecule has 0 atom stereocenters. The minimum absolute atomic E-state index is 0.342. The largest absolute Gasteiger partial charge is 0.303 e. The molecule has 3 nitrogen and oxygen atoms in total. The molecular formula is C10H9NO2. The first kappa shape index (κ1) is 9.32. The number of carbonyl (C=O) groups is 2. The molecule has 13 heavy (non-hydrogen) atoms. The zero-order chi connectivity index (χ0) is 9.52. The number of rotatable bonds is 4. The zero-order valence-electron chi connectivity index (χ0n) is 7.01. The van der Waals surface area contributed by atoms with Crippen LogP contribution in [-0.2, 0) is 4.79 Å². The van der Waals surface area contributed by atoms with Gasteiger partial charge >= 0.3 is 0 Å². The number of aromatic nitrogens is 1. The molecule has 0 aliphatic heterocycles. The Morgan fingerprint density at radius 1 is 1.38 bits per heavy atom. The summed E-state index contributed by atoms with van der Waals surface area (Å²) in [4.78, 5) is 24.5. The average Bonchev–Trinajstić information content (AvgIpc) is 2.19. The smallest absolute Gasteiger partial charge is 0.152 e. The fourth-order valence-electron chi connectivity index (χ4n) is 0.904. The first-order chi connectivity index (χ1) is 6.38. The van der Waals surface area contributed by atoms with Gasteiger partial charge < -0.3 is 4.79 Å². The van der Waals surface area contributed by atoms with Gasteiger partial charge in [-0.25, -0.2) is 0 Å². The van der Waals surface area contributed by atoms with Crippen molar-refractivity contribution in [3.05, 3.63) is 35.7 Å². The molecule has 1 aromatic rings. The summed E-state index contributed by atoms with van der Waals surface area (Å²) in [5, 5.41) is 0. The van der Waals surface area contributed by atoms with E-state index < -0.39 is 0 Å². The third kappa shape index (κ3) is 2.63. The molecule has 0 radical (unpaired) electrons. The second kappa shape index (κ2) is 4.98. The van der Waals surface area contributed by atoms with Gasteiger partial charge in [0.25, 0.3) is 0 Å². The molecule has 0 fully saturated rings. The van der Waals surface area contributed by atoms with Crippen LogP contribution in [0.5, 0.6) is 0 Å². The first-order valence-corrected chi connectivity index (χ1v) is 3.89. The second-order valence-electron chi connectivity index (χ2n) is 2.40. The van der Waals surface area contributed by atoms with Crippen LogP contribution < -0.4 is 0 Å². The van der Waals surface area contributed by atoms with Crippen LogP contribution in [0.3, 0.4) is 0 Å². The van der Waals surface area contributed by atoms with Gasteiger partial charge in [-0.1, -0.05) is 6.08 Å². The quantitative estimate of drug-likeness (QED) is 0.651. The number of pyridine rings is 1. The van der Waals surface area contributed by atoms with Crippen LogP contribution in [0.2, 0.25) is 0 Å². The maximum atomic E-state index is 10.5. The van der Waals surface area contributed by atoms with Crippen molar-refractivity contribution in [1.82, 2.24) is 4.98 Å². The lowest BCUT2D eigenvalue weighted by Crippen LogP contribution is -1.88. The first-order valence-electron chi connectivity index (χ1n) is 3.89. The van der Waals surface area contributed by atoms with Crippen LogP contribution in [0.15, 0.2) is 24.4 Å². The number of aldehydes is 2.